The summed E-state index contributed by atoms with van der Waals surface area (Å²) in [6, 6.07) is 8.12. The molecule has 1 saturated heterocycles. The molecule has 3 aliphatic rings. The highest BCUT2D eigenvalue weighted by atomic mass is 79.9. The third kappa shape index (κ3) is 4.72. The van der Waals surface area contributed by atoms with Gasteiger partial charge >= 0.3 is 0 Å². The van der Waals surface area contributed by atoms with Crippen molar-refractivity contribution < 1.29 is 4.79 Å². The van der Waals surface area contributed by atoms with Crippen molar-refractivity contribution in [3.05, 3.63) is 81.1 Å². The monoisotopic (exact) mass is 568 g/mol. The summed E-state index contributed by atoms with van der Waals surface area (Å²) in [5.41, 5.74) is 4.96. The Bertz CT molecular complexity index is 1210. The van der Waals surface area contributed by atoms with Crippen molar-refractivity contribution in [2.24, 2.45) is 0 Å². The van der Waals surface area contributed by atoms with Crippen LogP contribution in [0.5, 0.6) is 0 Å². The standard InChI is InChI=1S/C27H30BrClN6O/c28-20-13-19-2-1-18-14-21(29)3-4-22(18)25(24(19)33-15-20)34-11-10-31-23(16-34)26(36)32-8-7-27(5-6-27)35-12-9-30-17-35/h3-4,9,12-15,17,23,25,31H,1-2,5-8,10-11,16H2,(H,32,36)/t23-,25-/m1/s1. The van der Waals surface area contributed by atoms with E-state index in [0.29, 0.717) is 13.1 Å². The number of benzene rings is 1. The molecule has 36 heavy (non-hydrogen) atoms. The minimum absolute atomic E-state index is 0.00348. The average Bonchev–Trinajstić information content (AvgIpc) is 3.50. The number of hydrogen-bond donors (Lipinski definition) is 2. The molecule has 0 unspecified atom stereocenters. The fourth-order valence-electron chi connectivity index (χ4n) is 5.83. The lowest BCUT2D eigenvalue weighted by Gasteiger charge is -2.39. The van der Waals surface area contributed by atoms with Crippen LogP contribution < -0.4 is 10.6 Å². The molecule has 7 nitrogen and oxygen atoms in total. The number of pyridine rings is 1. The molecular weight excluding hydrogens is 540 g/mol. The summed E-state index contributed by atoms with van der Waals surface area (Å²) in [5.74, 6) is 0.0649. The van der Waals surface area contributed by atoms with Crippen LogP contribution in [0.2, 0.25) is 5.02 Å². The average molecular weight is 570 g/mol. The van der Waals surface area contributed by atoms with Crippen LogP contribution in [0.1, 0.15) is 47.7 Å². The molecule has 1 amide bonds. The zero-order chi connectivity index (χ0) is 24.7. The molecule has 2 N–H and O–H groups in total. The Labute approximate surface area is 224 Å². The highest BCUT2D eigenvalue weighted by molar-refractivity contribution is 9.10. The zero-order valence-electron chi connectivity index (χ0n) is 20.1. The van der Waals surface area contributed by atoms with Crippen LogP contribution in [0.15, 0.2) is 53.7 Å². The lowest BCUT2D eigenvalue weighted by molar-refractivity contribution is -0.124. The molecule has 0 bridgehead atoms. The van der Waals surface area contributed by atoms with Gasteiger partial charge in [0.2, 0.25) is 5.91 Å². The molecule has 0 radical (unpaired) electrons. The van der Waals surface area contributed by atoms with Crippen molar-refractivity contribution >= 4 is 33.4 Å². The highest BCUT2D eigenvalue weighted by Gasteiger charge is 2.44. The van der Waals surface area contributed by atoms with E-state index >= 15 is 0 Å². The summed E-state index contributed by atoms with van der Waals surface area (Å²) in [6.07, 6.45) is 12.7. The third-order valence-electron chi connectivity index (χ3n) is 7.95. The molecule has 2 aliphatic carbocycles. The lowest BCUT2D eigenvalue weighted by atomic mass is 9.95. The van der Waals surface area contributed by atoms with Gasteiger partial charge in [0.25, 0.3) is 0 Å². The Balaban J connectivity index is 1.19. The van der Waals surface area contributed by atoms with Crippen molar-refractivity contribution in [2.75, 3.05) is 26.2 Å². The van der Waals surface area contributed by atoms with Gasteiger partial charge in [-0.3, -0.25) is 14.7 Å². The van der Waals surface area contributed by atoms with Gasteiger partial charge in [-0.25, -0.2) is 4.98 Å². The fraction of sp³-hybridized carbons (Fsp3) is 0.444. The molecular formula is C27H30BrClN6O. The maximum absolute atomic E-state index is 13.2. The Kier molecular flexibility index (Phi) is 6.62. The summed E-state index contributed by atoms with van der Waals surface area (Å²) in [5, 5.41) is 7.40. The van der Waals surface area contributed by atoms with Crippen LogP contribution in [0, 0.1) is 0 Å². The van der Waals surface area contributed by atoms with E-state index in [1.54, 1.807) is 0 Å². The summed E-state index contributed by atoms with van der Waals surface area (Å²) >= 11 is 9.97. The second kappa shape index (κ2) is 9.89. The first kappa shape index (κ1) is 24.1. The molecule has 1 aromatic carbocycles. The van der Waals surface area contributed by atoms with Gasteiger partial charge in [0.1, 0.15) is 0 Å². The smallest absolute Gasteiger partial charge is 0.238 e. The van der Waals surface area contributed by atoms with Crippen molar-refractivity contribution in [3.63, 3.8) is 0 Å². The molecule has 9 heteroatoms. The van der Waals surface area contributed by atoms with E-state index < -0.39 is 0 Å². The highest BCUT2D eigenvalue weighted by Crippen LogP contribution is 2.46. The van der Waals surface area contributed by atoms with Gasteiger partial charge in [0, 0.05) is 59.8 Å². The number of amides is 1. The second-order valence-corrected chi connectivity index (χ2v) is 11.5. The molecule has 1 aliphatic heterocycles. The van der Waals surface area contributed by atoms with E-state index in [0.717, 1.165) is 60.4 Å². The third-order valence-corrected chi connectivity index (χ3v) is 8.62. The van der Waals surface area contributed by atoms with Crippen molar-refractivity contribution in [2.45, 2.75) is 49.7 Å². The minimum Gasteiger partial charge on any atom is -0.355 e. The predicted octanol–water partition coefficient (Wildman–Crippen LogP) is 3.85. The molecule has 3 heterocycles. The quantitative estimate of drug-likeness (QED) is 0.472. The number of nitrogens with one attached hydrogen (secondary N) is 2. The van der Waals surface area contributed by atoms with Gasteiger partial charge in [-0.05, 0) is 82.9 Å². The molecule has 2 aromatic heterocycles. The van der Waals surface area contributed by atoms with Crippen molar-refractivity contribution in [1.29, 1.82) is 0 Å². The van der Waals surface area contributed by atoms with Gasteiger partial charge in [-0.1, -0.05) is 17.7 Å². The molecule has 1 saturated carbocycles. The summed E-state index contributed by atoms with van der Waals surface area (Å²) < 4.78 is 3.18. The minimum atomic E-state index is -0.264. The topological polar surface area (TPSA) is 75.1 Å². The van der Waals surface area contributed by atoms with Crippen molar-refractivity contribution in [1.82, 2.24) is 30.1 Å². The second-order valence-electron chi connectivity index (χ2n) is 10.2. The van der Waals surface area contributed by atoms with Crippen LogP contribution in [0.3, 0.4) is 0 Å². The van der Waals surface area contributed by atoms with Crippen LogP contribution >= 0.6 is 27.5 Å². The molecule has 188 valence electrons. The first-order valence-corrected chi connectivity index (χ1v) is 13.9. The van der Waals surface area contributed by atoms with E-state index in [-0.39, 0.29) is 23.5 Å². The molecule has 6 rings (SSSR count). The first-order chi connectivity index (χ1) is 17.5. The Morgan fingerprint density at radius 2 is 2.11 bits per heavy atom. The van der Waals surface area contributed by atoms with Crippen LogP contribution in [0.4, 0.5) is 0 Å². The number of aromatic nitrogens is 3. The van der Waals surface area contributed by atoms with E-state index in [4.69, 9.17) is 16.6 Å². The van der Waals surface area contributed by atoms with Gasteiger partial charge in [0.05, 0.1) is 24.1 Å². The van der Waals surface area contributed by atoms with Gasteiger partial charge in [0.15, 0.2) is 0 Å². The molecule has 3 aromatic rings. The largest absolute Gasteiger partial charge is 0.355 e. The number of nitrogens with zero attached hydrogens (tertiary/aromatic N) is 4. The van der Waals surface area contributed by atoms with Crippen LogP contribution in [-0.4, -0.2) is 57.6 Å². The lowest BCUT2D eigenvalue weighted by Crippen LogP contribution is -2.58. The Morgan fingerprint density at radius 1 is 1.25 bits per heavy atom. The van der Waals surface area contributed by atoms with E-state index in [1.807, 2.05) is 31.0 Å². The predicted molar refractivity (Wildman–Crippen MR) is 143 cm³/mol. The maximum atomic E-state index is 13.2. The normalized spacial score (nSPS) is 22.8. The van der Waals surface area contributed by atoms with Gasteiger partial charge < -0.3 is 15.2 Å². The number of carbonyl (C=O) groups is 1. The number of piperazine rings is 1. The van der Waals surface area contributed by atoms with Crippen LogP contribution in [-0.2, 0) is 23.2 Å². The summed E-state index contributed by atoms with van der Waals surface area (Å²) in [6.45, 7) is 2.89. The summed E-state index contributed by atoms with van der Waals surface area (Å²) in [7, 11) is 0. The number of hydrogen-bond acceptors (Lipinski definition) is 5. The van der Waals surface area contributed by atoms with Gasteiger partial charge in [-0.2, -0.15) is 0 Å². The molecule has 0 spiro atoms. The maximum Gasteiger partial charge on any atom is 0.238 e. The van der Waals surface area contributed by atoms with E-state index in [9.17, 15) is 4.79 Å². The van der Waals surface area contributed by atoms with E-state index in [2.05, 4.69) is 59.2 Å². The SMILES string of the molecule is O=C(NCCC1(n2ccnc2)CC1)[C@H]1CN([C@@H]2c3ccc(Cl)cc3CCc3cc(Br)cnc32)CCN1. The molecule has 2 fully saturated rings. The first-order valence-electron chi connectivity index (χ1n) is 12.7. The number of aryl methyl sites for hydroxylation is 2. The fourth-order valence-corrected chi connectivity index (χ4v) is 6.40. The number of rotatable bonds is 6. The zero-order valence-corrected chi connectivity index (χ0v) is 22.4. The number of halogens is 2. The number of fused-ring (bicyclic) bond motifs is 2. The van der Waals surface area contributed by atoms with E-state index in [1.165, 1.54) is 16.7 Å². The Morgan fingerprint density at radius 3 is 2.92 bits per heavy atom. The Hall–Kier alpha value is -2.26. The number of carbonyl (C=O) groups excluding carboxylic acids is 1. The number of imidazole rings is 1. The molecule has 2 atom stereocenters. The summed E-state index contributed by atoms with van der Waals surface area (Å²) in [4.78, 5) is 24.7. The van der Waals surface area contributed by atoms with Crippen LogP contribution in [0.25, 0.3) is 0 Å². The van der Waals surface area contributed by atoms with Gasteiger partial charge in [-0.15, -0.1) is 0 Å². The van der Waals surface area contributed by atoms with Crippen molar-refractivity contribution in [3.8, 4) is 0 Å².